The van der Waals surface area contributed by atoms with Crippen molar-refractivity contribution in [2.24, 2.45) is 0 Å². The number of carbonyl (C=O) groups is 1. The maximum absolute atomic E-state index is 13.6. The molecule has 0 fully saturated rings. The van der Waals surface area contributed by atoms with Crippen LogP contribution in [0.2, 0.25) is 0 Å². The zero-order valence-electron chi connectivity index (χ0n) is 20.3. The summed E-state index contributed by atoms with van der Waals surface area (Å²) in [4.78, 5) is 18.3. The molecule has 1 aliphatic heterocycles. The van der Waals surface area contributed by atoms with E-state index in [1.165, 1.54) is 0 Å². The van der Waals surface area contributed by atoms with E-state index in [9.17, 15) is 4.79 Å². The van der Waals surface area contributed by atoms with Gasteiger partial charge in [0.1, 0.15) is 11.8 Å². The van der Waals surface area contributed by atoms with Gasteiger partial charge in [0, 0.05) is 17.1 Å². The number of hydrogen-bond donors (Lipinski definition) is 2. The Balaban J connectivity index is 1.74. The van der Waals surface area contributed by atoms with Crippen LogP contribution < -0.4 is 15.4 Å². The molecule has 1 aliphatic rings. The second-order valence-electron chi connectivity index (χ2n) is 8.58. The van der Waals surface area contributed by atoms with Crippen molar-refractivity contribution in [3.05, 3.63) is 70.9 Å². The number of fused-ring (bicyclic) bond motifs is 1. The molecule has 0 saturated heterocycles. The molecule has 7 nitrogen and oxygen atoms in total. The van der Waals surface area contributed by atoms with Gasteiger partial charge in [0.2, 0.25) is 11.1 Å². The van der Waals surface area contributed by atoms with Gasteiger partial charge in [-0.1, -0.05) is 49.0 Å². The molecule has 0 aliphatic carbocycles. The minimum atomic E-state index is -0.420. The van der Waals surface area contributed by atoms with Gasteiger partial charge in [0.05, 0.1) is 11.7 Å². The number of anilines is 2. The number of allylic oxidation sites excluding steroid dienone is 1. The monoisotopic (exact) mass is 477 g/mol. The van der Waals surface area contributed by atoms with Crippen LogP contribution in [-0.4, -0.2) is 32.5 Å². The highest BCUT2D eigenvalue weighted by molar-refractivity contribution is 7.99. The first-order valence-electron chi connectivity index (χ1n) is 11.6. The first kappa shape index (κ1) is 23.9. The van der Waals surface area contributed by atoms with E-state index < -0.39 is 6.04 Å². The zero-order valence-corrected chi connectivity index (χ0v) is 21.1. The van der Waals surface area contributed by atoms with E-state index in [1.807, 2.05) is 80.9 Å². The van der Waals surface area contributed by atoms with Gasteiger partial charge in [-0.15, -0.1) is 5.10 Å². The summed E-state index contributed by atoms with van der Waals surface area (Å²) in [7, 11) is 0. The summed E-state index contributed by atoms with van der Waals surface area (Å²) in [6.07, 6.45) is 1.12. The molecule has 0 spiro atoms. The molecule has 1 aromatic heterocycles. The fraction of sp³-hybridized carbons (Fsp3) is 0.346. The number of ether oxygens (including phenoxy) is 1. The molecule has 0 bridgehead atoms. The molecule has 1 amide bonds. The summed E-state index contributed by atoms with van der Waals surface area (Å²) in [5, 5.41) is 11.9. The molecule has 2 N–H and O–H groups in total. The second-order valence-corrected chi connectivity index (χ2v) is 9.64. The normalized spacial score (nSPS) is 15.2. The third-order valence-corrected chi connectivity index (χ3v) is 6.52. The fourth-order valence-corrected chi connectivity index (χ4v) is 4.58. The van der Waals surface area contributed by atoms with E-state index in [0.29, 0.717) is 16.7 Å². The molecule has 8 heteroatoms. The second kappa shape index (κ2) is 10.3. The standard InChI is InChI=1S/C26H31N5O2S/c1-6-15-34-26-29-25-27-18(5)22(24(32)28-21-10-8-7-9-17(21)4)23(31(25)30-26)19-11-13-20(14-12-19)33-16(2)3/h7-14,16,23H,6,15H2,1-5H3,(H,28,32)(H,27,29,30). The highest BCUT2D eigenvalue weighted by Gasteiger charge is 2.34. The summed E-state index contributed by atoms with van der Waals surface area (Å²) in [6, 6.07) is 15.2. The maximum Gasteiger partial charge on any atom is 0.255 e. The largest absolute Gasteiger partial charge is 0.491 e. The number of aryl methyl sites for hydroxylation is 1. The molecular formula is C26H31N5O2S. The van der Waals surface area contributed by atoms with Crippen LogP contribution >= 0.6 is 11.8 Å². The van der Waals surface area contributed by atoms with Crippen LogP contribution in [-0.2, 0) is 4.79 Å². The van der Waals surface area contributed by atoms with Crippen LogP contribution in [0.5, 0.6) is 5.75 Å². The summed E-state index contributed by atoms with van der Waals surface area (Å²) >= 11 is 1.61. The molecular weight excluding hydrogens is 446 g/mol. The third-order valence-electron chi connectivity index (χ3n) is 5.47. The molecule has 1 atom stereocenters. The minimum Gasteiger partial charge on any atom is -0.491 e. The van der Waals surface area contributed by atoms with Gasteiger partial charge in [-0.3, -0.25) is 4.79 Å². The van der Waals surface area contributed by atoms with Gasteiger partial charge >= 0.3 is 0 Å². The van der Waals surface area contributed by atoms with E-state index in [-0.39, 0.29) is 12.0 Å². The molecule has 2 heterocycles. The predicted octanol–water partition coefficient (Wildman–Crippen LogP) is 5.80. The lowest BCUT2D eigenvalue weighted by atomic mass is 9.95. The first-order chi connectivity index (χ1) is 16.4. The number of hydrogen-bond acceptors (Lipinski definition) is 6. The molecule has 1 unspecified atom stereocenters. The highest BCUT2D eigenvalue weighted by atomic mass is 32.2. The number of carbonyl (C=O) groups excluding carboxylic acids is 1. The topological polar surface area (TPSA) is 81.1 Å². The Labute approximate surface area is 205 Å². The summed E-state index contributed by atoms with van der Waals surface area (Å²) < 4.78 is 7.64. The predicted molar refractivity (Wildman–Crippen MR) is 138 cm³/mol. The van der Waals surface area contributed by atoms with Crippen molar-refractivity contribution < 1.29 is 9.53 Å². The molecule has 2 aromatic carbocycles. The Morgan fingerprint density at radius 1 is 1.18 bits per heavy atom. The first-order valence-corrected chi connectivity index (χ1v) is 12.6. The fourth-order valence-electron chi connectivity index (χ4n) is 3.89. The van der Waals surface area contributed by atoms with Crippen LogP contribution in [0.25, 0.3) is 0 Å². The SMILES string of the molecule is CCCSc1nc2n(n1)C(c1ccc(OC(C)C)cc1)C(C(=O)Nc1ccccc1C)=C(C)N2. The Morgan fingerprint density at radius 2 is 1.91 bits per heavy atom. The Morgan fingerprint density at radius 3 is 2.59 bits per heavy atom. The van der Waals surface area contributed by atoms with E-state index in [0.717, 1.165) is 40.4 Å². The van der Waals surface area contributed by atoms with Crippen molar-refractivity contribution in [3.63, 3.8) is 0 Å². The van der Waals surface area contributed by atoms with Gasteiger partial charge in [-0.05, 0) is 63.4 Å². The average Bonchev–Trinajstić information content (AvgIpc) is 3.20. The number of aromatic nitrogens is 3. The van der Waals surface area contributed by atoms with E-state index in [4.69, 9.17) is 9.84 Å². The van der Waals surface area contributed by atoms with Crippen LogP contribution in [0, 0.1) is 6.92 Å². The molecule has 34 heavy (non-hydrogen) atoms. The number of nitrogens with zero attached hydrogens (tertiary/aromatic N) is 3. The van der Waals surface area contributed by atoms with Gasteiger partial charge in [-0.25, -0.2) is 4.68 Å². The van der Waals surface area contributed by atoms with Crippen molar-refractivity contribution in [1.29, 1.82) is 0 Å². The van der Waals surface area contributed by atoms with Gasteiger partial charge in [0.25, 0.3) is 5.91 Å². The summed E-state index contributed by atoms with van der Waals surface area (Å²) in [5.74, 6) is 2.19. The number of benzene rings is 2. The smallest absolute Gasteiger partial charge is 0.255 e. The van der Waals surface area contributed by atoms with E-state index >= 15 is 0 Å². The number of amides is 1. The van der Waals surface area contributed by atoms with E-state index in [1.54, 1.807) is 11.8 Å². The Kier molecular flexibility index (Phi) is 7.26. The Hall–Kier alpha value is -3.26. The van der Waals surface area contributed by atoms with Crippen LogP contribution in [0.15, 0.2) is 65.0 Å². The highest BCUT2D eigenvalue weighted by Crippen LogP contribution is 2.37. The molecule has 0 saturated carbocycles. The summed E-state index contributed by atoms with van der Waals surface area (Å²) in [5.41, 5.74) is 4.08. The maximum atomic E-state index is 13.6. The van der Waals surface area contributed by atoms with Crippen molar-refractivity contribution in [2.45, 2.75) is 58.3 Å². The average molecular weight is 478 g/mol. The van der Waals surface area contributed by atoms with Crippen LogP contribution in [0.4, 0.5) is 11.6 Å². The molecule has 4 rings (SSSR count). The number of para-hydroxylation sites is 1. The lowest BCUT2D eigenvalue weighted by Gasteiger charge is -2.29. The lowest BCUT2D eigenvalue weighted by Crippen LogP contribution is -2.31. The number of nitrogens with one attached hydrogen (secondary N) is 2. The molecule has 178 valence electrons. The molecule has 3 aromatic rings. The Bertz CT molecular complexity index is 1200. The van der Waals surface area contributed by atoms with Gasteiger partial charge < -0.3 is 15.4 Å². The van der Waals surface area contributed by atoms with Crippen LogP contribution in [0.3, 0.4) is 0 Å². The van der Waals surface area contributed by atoms with Crippen molar-refractivity contribution in [1.82, 2.24) is 14.8 Å². The van der Waals surface area contributed by atoms with Crippen LogP contribution in [0.1, 0.15) is 51.3 Å². The van der Waals surface area contributed by atoms with Gasteiger partial charge in [-0.2, -0.15) is 4.98 Å². The molecule has 0 radical (unpaired) electrons. The zero-order chi connectivity index (χ0) is 24.2. The van der Waals surface area contributed by atoms with Crippen molar-refractivity contribution >= 4 is 29.3 Å². The van der Waals surface area contributed by atoms with Crippen molar-refractivity contribution in [3.8, 4) is 5.75 Å². The minimum absolute atomic E-state index is 0.0855. The number of rotatable bonds is 8. The summed E-state index contributed by atoms with van der Waals surface area (Å²) in [6.45, 7) is 10.0. The van der Waals surface area contributed by atoms with E-state index in [2.05, 4.69) is 22.5 Å². The quantitative estimate of drug-likeness (QED) is 0.399. The third kappa shape index (κ3) is 5.12. The van der Waals surface area contributed by atoms with Gasteiger partial charge in [0.15, 0.2) is 0 Å². The van der Waals surface area contributed by atoms with Crippen molar-refractivity contribution in [2.75, 3.05) is 16.4 Å². The number of thioether (sulfide) groups is 1. The lowest BCUT2D eigenvalue weighted by molar-refractivity contribution is -0.113.